The minimum absolute atomic E-state index is 0.0175. The van der Waals surface area contributed by atoms with E-state index < -0.39 is 30.4 Å². The van der Waals surface area contributed by atoms with E-state index in [1.165, 1.54) is 6.26 Å². The van der Waals surface area contributed by atoms with Gasteiger partial charge in [0.2, 0.25) is 0 Å². The smallest absolute Gasteiger partial charge is 0.309 e. The summed E-state index contributed by atoms with van der Waals surface area (Å²) in [5.74, 6) is -0.769. The van der Waals surface area contributed by atoms with Gasteiger partial charge in [0.1, 0.15) is 18.8 Å². The van der Waals surface area contributed by atoms with E-state index in [9.17, 15) is 9.59 Å². The number of esters is 2. The van der Waals surface area contributed by atoms with Gasteiger partial charge in [-0.3, -0.25) is 9.59 Å². The van der Waals surface area contributed by atoms with Crippen LogP contribution in [0.4, 0.5) is 0 Å². The molecule has 0 unspecified atom stereocenters. The molecule has 2 aliphatic rings. The van der Waals surface area contributed by atoms with E-state index in [0.29, 0.717) is 12.8 Å². The van der Waals surface area contributed by atoms with Crippen molar-refractivity contribution in [3.05, 3.63) is 0 Å². The number of hydrogen-bond donors (Lipinski definition) is 0. The third kappa shape index (κ3) is 4.08. The first-order valence-corrected chi connectivity index (χ1v) is 7.28. The van der Waals surface area contributed by atoms with Crippen LogP contribution < -0.4 is 0 Å². The Morgan fingerprint density at radius 3 is 2.14 bits per heavy atom. The van der Waals surface area contributed by atoms with Gasteiger partial charge in [0, 0.05) is 6.42 Å². The molecule has 22 heavy (non-hydrogen) atoms. The molecule has 0 aromatic rings. The van der Waals surface area contributed by atoms with Crippen LogP contribution in [0.15, 0.2) is 0 Å². The first-order chi connectivity index (χ1) is 10.7. The van der Waals surface area contributed by atoms with Crippen molar-refractivity contribution in [2.75, 3.05) is 19.8 Å². The van der Waals surface area contributed by atoms with E-state index in [-0.39, 0.29) is 32.2 Å². The molecule has 2 saturated heterocycles. The molecule has 0 saturated carbocycles. The Hall–Kier alpha value is -1.85. The molecule has 0 spiro atoms. The van der Waals surface area contributed by atoms with Gasteiger partial charge >= 0.3 is 11.9 Å². The molecule has 0 N–H and O–H groups in total. The summed E-state index contributed by atoms with van der Waals surface area (Å²) in [7, 11) is 0. The predicted molar refractivity (Wildman–Crippen MR) is 70.3 cm³/mol. The molecule has 8 nitrogen and oxygen atoms in total. The highest BCUT2D eigenvalue weighted by Gasteiger charge is 2.51. The third-order valence-electron chi connectivity index (χ3n) is 3.46. The SMILES string of the molecule is CCCC(=O)O[C@@H]1CO[C@H]2[C@@H]1OC[C@H]2OC(=O)CCOC#N. The van der Waals surface area contributed by atoms with Crippen molar-refractivity contribution >= 4 is 11.9 Å². The number of nitrogens with zero attached hydrogens (tertiary/aromatic N) is 1. The molecule has 0 aromatic heterocycles. The van der Waals surface area contributed by atoms with Crippen molar-refractivity contribution in [1.29, 1.82) is 5.26 Å². The van der Waals surface area contributed by atoms with Gasteiger partial charge in [0.25, 0.3) is 6.26 Å². The molecule has 0 bridgehead atoms. The normalized spacial score (nSPS) is 29.5. The highest BCUT2D eigenvalue weighted by Crippen LogP contribution is 2.31. The Bertz CT molecular complexity index is 447. The predicted octanol–water partition coefficient (Wildman–Crippen LogP) is 0.295. The highest BCUT2D eigenvalue weighted by molar-refractivity contribution is 5.70. The summed E-state index contributed by atoms with van der Waals surface area (Å²) in [4.78, 5) is 23.1. The van der Waals surface area contributed by atoms with Crippen LogP contribution in [0.5, 0.6) is 0 Å². The van der Waals surface area contributed by atoms with Crippen LogP contribution >= 0.6 is 0 Å². The van der Waals surface area contributed by atoms with Crippen molar-refractivity contribution < 1.29 is 33.3 Å². The average molecular weight is 313 g/mol. The Morgan fingerprint density at radius 2 is 1.64 bits per heavy atom. The minimum Gasteiger partial charge on any atom is -0.457 e. The lowest BCUT2D eigenvalue weighted by Crippen LogP contribution is -2.36. The zero-order chi connectivity index (χ0) is 15.9. The molecular weight excluding hydrogens is 294 g/mol. The Balaban J connectivity index is 1.79. The highest BCUT2D eigenvalue weighted by atomic mass is 16.7. The van der Waals surface area contributed by atoms with E-state index in [1.54, 1.807) is 0 Å². The van der Waals surface area contributed by atoms with Crippen molar-refractivity contribution in [2.24, 2.45) is 0 Å². The van der Waals surface area contributed by atoms with Crippen molar-refractivity contribution in [3.8, 4) is 6.26 Å². The lowest BCUT2D eigenvalue weighted by atomic mass is 10.1. The fourth-order valence-corrected chi connectivity index (χ4v) is 2.47. The summed E-state index contributed by atoms with van der Waals surface area (Å²) >= 11 is 0. The number of carbonyl (C=O) groups is 2. The van der Waals surface area contributed by atoms with Crippen molar-refractivity contribution in [2.45, 2.75) is 50.6 Å². The molecule has 122 valence electrons. The van der Waals surface area contributed by atoms with E-state index in [0.717, 1.165) is 0 Å². The Labute approximate surface area is 128 Å². The fraction of sp³-hybridized carbons (Fsp3) is 0.786. The summed E-state index contributed by atoms with van der Waals surface area (Å²) in [6.45, 7) is 2.31. The summed E-state index contributed by atoms with van der Waals surface area (Å²) in [6.07, 6.45) is 0.697. The second kappa shape index (κ2) is 7.96. The summed E-state index contributed by atoms with van der Waals surface area (Å²) in [5, 5.41) is 8.22. The molecule has 0 amide bonds. The molecule has 0 radical (unpaired) electrons. The van der Waals surface area contributed by atoms with Gasteiger partial charge in [-0.1, -0.05) is 6.92 Å². The van der Waals surface area contributed by atoms with Crippen LogP contribution in [0, 0.1) is 11.5 Å². The fourth-order valence-electron chi connectivity index (χ4n) is 2.47. The van der Waals surface area contributed by atoms with Gasteiger partial charge in [-0.25, -0.2) is 0 Å². The zero-order valence-corrected chi connectivity index (χ0v) is 12.4. The molecule has 2 rings (SSSR count). The molecule has 2 aliphatic heterocycles. The lowest BCUT2D eigenvalue weighted by Gasteiger charge is -2.17. The number of hydrogen-bond acceptors (Lipinski definition) is 8. The first kappa shape index (κ1) is 16.5. The van der Waals surface area contributed by atoms with Gasteiger partial charge < -0.3 is 23.7 Å². The second-order valence-corrected chi connectivity index (χ2v) is 5.09. The van der Waals surface area contributed by atoms with Crippen molar-refractivity contribution in [1.82, 2.24) is 0 Å². The average Bonchev–Trinajstić information content (AvgIpc) is 3.04. The maximum Gasteiger partial charge on any atom is 0.309 e. The maximum atomic E-state index is 11.6. The lowest BCUT2D eigenvalue weighted by molar-refractivity contribution is -0.155. The molecule has 4 atom stereocenters. The topological polar surface area (TPSA) is 104 Å². The van der Waals surface area contributed by atoms with Gasteiger partial charge in [-0.05, 0) is 6.42 Å². The Morgan fingerprint density at radius 1 is 1.09 bits per heavy atom. The van der Waals surface area contributed by atoms with Gasteiger partial charge in [-0.15, -0.1) is 0 Å². The molecule has 0 aliphatic carbocycles. The van der Waals surface area contributed by atoms with Crippen LogP contribution in [-0.2, 0) is 33.3 Å². The number of carbonyl (C=O) groups excluding carboxylic acids is 2. The van der Waals surface area contributed by atoms with Crippen LogP contribution in [-0.4, -0.2) is 56.2 Å². The Kier molecular flexibility index (Phi) is 5.98. The van der Waals surface area contributed by atoms with E-state index in [2.05, 4.69) is 4.74 Å². The van der Waals surface area contributed by atoms with Gasteiger partial charge in [-0.2, -0.15) is 5.26 Å². The van der Waals surface area contributed by atoms with Crippen LogP contribution in [0.25, 0.3) is 0 Å². The van der Waals surface area contributed by atoms with Crippen LogP contribution in [0.1, 0.15) is 26.2 Å². The summed E-state index contributed by atoms with van der Waals surface area (Å²) < 4.78 is 26.1. The number of ether oxygens (including phenoxy) is 5. The molecule has 2 heterocycles. The van der Waals surface area contributed by atoms with Gasteiger partial charge in [0.05, 0.1) is 19.6 Å². The third-order valence-corrected chi connectivity index (χ3v) is 3.46. The first-order valence-electron chi connectivity index (χ1n) is 7.28. The molecule has 2 fully saturated rings. The maximum absolute atomic E-state index is 11.6. The minimum atomic E-state index is -0.533. The monoisotopic (exact) mass is 313 g/mol. The van der Waals surface area contributed by atoms with Gasteiger partial charge in [0.15, 0.2) is 12.2 Å². The largest absolute Gasteiger partial charge is 0.457 e. The van der Waals surface area contributed by atoms with E-state index in [1.807, 2.05) is 6.92 Å². The number of rotatable bonds is 7. The standard InChI is InChI=1S/C14H19NO7/c1-2-3-11(16)21-9-6-19-14-10(7-20-13(9)14)22-12(17)4-5-18-8-15/h9-10,13-14H,2-7H2,1H3/t9-,10-,13-,14-/m1/s1. The van der Waals surface area contributed by atoms with Crippen molar-refractivity contribution in [3.63, 3.8) is 0 Å². The number of fused-ring (bicyclic) bond motifs is 1. The van der Waals surface area contributed by atoms with E-state index in [4.69, 9.17) is 24.2 Å². The zero-order valence-electron chi connectivity index (χ0n) is 12.4. The molecule has 0 aromatic carbocycles. The molecule has 8 heteroatoms. The van der Waals surface area contributed by atoms with Crippen LogP contribution in [0.2, 0.25) is 0 Å². The number of nitriles is 1. The summed E-state index contributed by atoms with van der Waals surface area (Å²) in [6, 6.07) is 0. The summed E-state index contributed by atoms with van der Waals surface area (Å²) in [5.41, 5.74) is 0. The van der Waals surface area contributed by atoms with Crippen LogP contribution in [0.3, 0.4) is 0 Å². The molecular formula is C14H19NO7. The van der Waals surface area contributed by atoms with E-state index >= 15 is 0 Å². The quantitative estimate of drug-likeness (QED) is 0.375. The second-order valence-electron chi connectivity index (χ2n) is 5.09.